The van der Waals surface area contributed by atoms with Crippen LogP contribution < -0.4 is 15.5 Å². The van der Waals surface area contributed by atoms with Crippen LogP contribution in [0.15, 0.2) is 23.3 Å². The van der Waals surface area contributed by atoms with Crippen LogP contribution in [0.5, 0.6) is 0 Å². The lowest BCUT2D eigenvalue weighted by Gasteiger charge is -2.32. The van der Waals surface area contributed by atoms with Crippen LogP contribution in [0, 0.1) is 0 Å². The largest absolute Gasteiger partial charge is 0.393 e. The summed E-state index contributed by atoms with van der Waals surface area (Å²) < 4.78 is 5.59. The molecule has 0 aromatic carbocycles. The van der Waals surface area contributed by atoms with E-state index >= 15 is 0 Å². The van der Waals surface area contributed by atoms with Crippen molar-refractivity contribution in [1.29, 1.82) is 0 Å². The van der Waals surface area contributed by atoms with Gasteiger partial charge in [0.15, 0.2) is 5.96 Å². The molecule has 0 radical (unpaired) electrons. The van der Waals surface area contributed by atoms with E-state index in [0.717, 1.165) is 69.3 Å². The molecule has 27 heavy (non-hydrogen) atoms. The van der Waals surface area contributed by atoms with Crippen molar-refractivity contribution < 1.29 is 9.84 Å². The Hall–Kier alpha value is -1.86. The number of nitrogens with one attached hydrogen (secondary N) is 2. The summed E-state index contributed by atoms with van der Waals surface area (Å²) in [6.45, 7) is 8.11. The summed E-state index contributed by atoms with van der Waals surface area (Å²) in [4.78, 5) is 11.6. The van der Waals surface area contributed by atoms with Gasteiger partial charge >= 0.3 is 0 Å². The number of aliphatic imine (C=N–C) groups is 1. The van der Waals surface area contributed by atoms with Crippen molar-refractivity contribution in [3.63, 3.8) is 0 Å². The molecule has 7 heteroatoms. The van der Waals surface area contributed by atoms with Crippen molar-refractivity contribution in [2.45, 2.75) is 64.3 Å². The van der Waals surface area contributed by atoms with Crippen LogP contribution >= 0.6 is 0 Å². The Morgan fingerprint density at radius 2 is 2.15 bits per heavy atom. The zero-order valence-corrected chi connectivity index (χ0v) is 16.5. The number of aromatic nitrogens is 1. The highest BCUT2D eigenvalue weighted by Crippen LogP contribution is 2.18. The van der Waals surface area contributed by atoms with E-state index in [0.29, 0.717) is 12.6 Å². The van der Waals surface area contributed by atoms with Gasteiger partial charge in [-0.1, -0.05) is 6.07 Å². The molecule has 3 N–H and O–H groups in total. The summed E-state index contributed by atoms with van der Waals surface area (Å²) in [5.41, 5.74) is 1.09. The second kappa shape index (κ2) is 9.90. The fourth-order valence-corrected chi connectivity index (χ4v) is 3.63. The first-order chi connectivity index (χ1) is 13.1. The topological polar surface area (TPSA) is 82.0 Å². The normalized spacial score (nSPS) is 26.7. The van der Waals surface area contributed by atoms with Gasteiger partial charge in [0, 0.05) is 31.9 Å². The van der Waals surface area contributed by atoms with Gasteiger partial charge in [-0.2, -0.15) is 0 Å². The van der Waals surface area contributed by atoms with Crippen LogP contribution in [0.4, 0.5) is 5.82 Å². The quantitative estimate of drug-likeness (QED) is 0.536. The number of anilines is 1. The van der Waals surface area contributed by atoms with Crippen LogP contribution in [-0.4, -0.2) is 60.5 Å². The number of hydrogen-bond acceptors (Lipinski definition) is 5. The zero-order chi connectivity index (χ0) is 19.1. The van der Waals surface area contributed by atoms with Gasteiger partial charge in [0.1, 0.15) is 5.82 Å². The lowest BCUT2D eigenvalue weighted by Crippen LogP contribution is -2.45. The molecule has 1 aromatic heterocycles. The van der Waals surface area contributed by atoms with Crippen LogP contribution in [-0.2, 0) is 11.3 Å². The lowest BCUT2D eigenvalue weighted by molar-refractivity contribution is 0.0529. The zero-order valence-electron chi connectivity index (χ0n) is 16.5. The van der Waals surface area contributed by atoms with Gasteiger partial charge in [-0.3, -0.25) is 0 Å². The van der Waals surface area contributed by atoms with Gasteiger partial charge in [-0.25, -0.2) is 9.98 Å². The monoisotopic (exact) mass is 375 g/mol. The molecule has 7 nitrogen and oxygen atoms in total. The fourth-order valence-electron chi connectivity index (χ4n) is 3.63. The van der Waals surface area contributed by atoms with Gasteiger partial charge in [-0.15, -0.1) is 0 Å². The number of hydrogen-bond donors (Lipinski definition) is 3. The van der Waals surface area contributed by atoms with E-state index in [9.17, 15) is 5.11 Å². The maximum atomic E-state index is 9.66. The number of rotatable bonds is 5. The third-order valence-corrected chi connectivity index (χ3v) is 5.18. The SMILES string of the molecule is CCNC(=NCc1ccc(N2CCOC(C)C2)nc1)NC1CCC(O)CC1. The Bertz CT molecular complexity index is 599. The van der Waals surface area contributed by atoms with Gasteiger partial charge in [0.05, 0.1) is 25.4 Å². The molecule has 1 aliphatic carbocycles. The van der Waals surface area contributed by atoms with E-state index in [1.807, 2.05) is 6.20 Å². The molecular formula is C20H33N5O2. The summed E-state index contributed by atoms with van der Waals surface area (Å²) in [6, 6.07) is 4.56. The average molecular weight is 376 g/mol. The smallest absolute Gasteiger partial charge is 0.191 e. The van der Waals surface area contributed by atoms with E-state index in [1.54, 1.807) is 0 Å². The minimum Gasteiger partial charge on any atom is -0.393 e. The number of aliphatic hydroxyl groups excluding tert-OH is 1. The number of ether oxygens (including phenoxy) is 1. The van der Waals surface area contributed by atoms with Crippen LogP contribution in [0.2, 0.25) is 0 Å². The highest BCUT2D eigenvalue weighted by Gasteiger charge is 2.20. The Labute approximate surface area is 162 Å². The first-order valence-corrected chi connectivity index (χ1v) is 10.2. The van der Waals surface area contributed by atoms with Crippen molar-refractivity contribution in [3.8, 4) is 0 Å². The van der Waals surface area contributed by atoms with Crippen molar-refractivity contribution in [2.24, 2.45) is 4.99 Å². The molecule has 1 atom stereocenters. The molecule has 2 aliphatic rings. The number of nitrogens with zero attached hydrogens (tertiary/aromatic N) is 3. The Balaban J connectivity index is 1.55. The third-order valence-electron chi connectivity index (χ3n) is 5.18. The minimum absolute atomic E-state index is 0.137. The highest BCUT2D eigenvalue weighted by molar-refractivity contribution is 5.80. The summed E-state index contributed by atoms with van der Waals surface area (Å²) in [5, 5.41) is 16.5. The second-order valence-electron chi connectivity index (χ2n) is 7.50. The molecule has 0 spiro atoms. The summed E-state index contributed by atoms with van der Waals surface area (Å²) in [5.74, 6) is 1.84. The van der Waals surface area contributed by atoms with Crippen molar-refractivity contribution in [1.82, 2.24) is 15.6 Å². The van der Waals surface area contributed by atoms with Gasteiger partial charge < -0.3 is 25.4 Å². The maximum Gasteiger partial charge on any atom is 0.191 e. The number of aliphatic hydroxyl groups is 1. The minimum atomic E-state index is -0.137. The van der Waals surface area contributed by atoms with Gasteiger partial charge in [-0.05, 0) is 51.2 Å². The van der Waals surface area contributed by atoms with E-state index in [-0.39, 0.29) is 12.2 Å². The lowest BCUT2D eigenvalue weighted by atomic mass is 9.93. The summed E-state index contributed by atoms with van der Waals surface area (Å²) in [6.07, 6.45) is 5.73. The average Bonchev–Trinajstić information content (AvgIpc) is 2.68. The third kappa shape index (κ3) is 6.07. The molecule has 3 rings (SSSR count). The molecular weight excluding hydrogens is 342 g/mol. The molecule has 1 unspecified atom stereocenters. The molecule has 1 aromatic rings. The number of guanidine groups is 1. The summed E-state index contributed by atoms with van der Waals surface area (Å²) >= 11 is 0. The van der Waals surface area contributed by atoms with Crippen LogP contribution in [0.3, 0.4) is 0 Å². The van der Waals surface area contributed by atoms with Gasteiger partial charge in [0.2, 0.25) is 0 Å². The van der Waals surface area contributed by atoms with E-state index < -0.39 is 0 Å². The van der Waals surface area contributed by atoms with E-state index in [2.05, 4.69) is 46.5 Å². The Morgan fingerprint density at radius 1 is 1.33 bits per heavy atom. The highest BCUT2D eigenvalue weighted by atomic mass is 16.5. The molecule has 0 bridgehead atoms. The molecule has 1 saturated heterocycles. The first kappa shape index (κ1) is 19.9. The van der Waals surface area contributed by atoms with Crippen molar-refractivity contribution in [3.05, 3.63) is 23.9 Å². The van der Waals surface area contributed by atoms with E-state index in [1.165, 1.54) is 0 Å². The van der Waals surface area contributed by atoms with Crippen LogP contribution in [0.25, 0.3) is 0 Å². The maximum absolute atomic E-state index is 9.66. The Morgan fingerprint density at radius 3 is 2.81 bits per heavy atom. The second-order valence-corrected chi connectivity index (χ2v) is 7.50. The molecule has 2 fully saturated rings. The van der Waals surface area contributed by atoms with Crippen molar-refractivity contribution >= 4 is 11.8 Å². The molecule has 1 aliphatic heterocycles. The van der Waals surface area contributed by atoms with Crippen molar-refractivity contribution in [2.75, 3.05) is 31.1 Å². The fraction of sp³-hybridized carbons (Fsp3) is 0.700. The van der Waals surface area contributed by atoms with Gasteiger partial charge in [0.25, 0.3) is 0 Å². The Kier molecular flexibility index (Phi) is 7.29. The molecule has 150 valence electrons. The predicted octanol–water partition coefficient (Wildman–Crippen LogP) is 1.67. The van der Waals surface area contributed by atoms with Crippen LogP contribution in [0.1, 0.15) is 45.1 Å². The number of pyridine rings is 1. The molecule has 0 amide bonds. The predicted molar refractivity (Wildman–Crippen MR) is 108 cm³/mol. The summed E-state index contributed by atoms with van der Waals surface area (Å²) in [7, 11) is 0. The molecule has 2 heterocycles. The molecule has 1 saturated carbocycles. The van der Waals surface area contributed by atoms with E-state index in [4.69, 9.17) is 9.73 Å². The first-order valence-electron chi connectivity index (χ1n) is 10.2. The standard InChI is InChI=1S/C20H33N5O2/c1-3-21-20(24-17-5-7-18(26)8-6-17)23-13-16-4-9-19(22-12-16)25-10-11-27-15(2)14-25/h4,9,12,15,17-18,26H,3,5-8,10-11,13-14H2,1-2H3,(H2,21,23,24). The number of morpholine rings is 1.